The monoisotopic (exact) mass is 390 g/mol. The molecule has 2 nitrogen and oxygen atoms in total. The molecule has 2 aliphatic heterocycles. The largest absolute Gasteiger partial charge is 0.371 e. The lowest BCUT2D eigenvalue weighted by Crippen LogP contribution is -2.32. The van der Waals surface area contributed by atoms with Crippen LogP contribution in [0.3, 0.4) is 0 Å². The van der Waals surface area contributed by atoms with Crippen molar-refractivity contribution in [3.05, 3.63) is 28.9 Å². The molecular formula is C15H20Br2O2. The Morgan fingerprint density at radius 2 is 2.26 bits per heavy atom. The van der Waals surface area contributed by atoms with Crippen molar-refractivity contribution in [1.82, 2.24) is 0 Å². The van der Waals surface area contributed by atoms with Crippen molar-refractivity contribution in [1.29, 1.82) is 0 Å². The quantitative estimate of drug-likeness (QED) is 0.392. The Balaban J connectivity index is 2.08. The van der Waals surface area contributed by atoms with Crippen molar-refractivity contribution in [2.24, 2.45) is 0 Å². The third-order valence-electron chi connectivity index (χ3n) is 3.60. The zero-order valence-corrected chi connectivity index (χ0v) is 14.3. The third kappa shape index (κ3) is 4.30. The van der Waals surface area contributed by atoms with E-state index in [1.165, 1.54) is 0 Å². The summed E-state index contributed by atoms with van der Waals surface area (Å²) in [5.74, 6) is 0. The van der Waals surface area contributed by atoms with E-state index in [-0.39, 0.29) is 24.4 Å². The smallest absolute Gasteiger partial charge is 0.103 e. The Hall–Kier alpha value is 0.140. The second kappa shape index (κ2) is 7.80. The van der Waals surface area contributed by atoms with Crippen molar-refractivity contribution < 1.29 is 9.47 Å². The van der Waals surface area contributed by atoms with Crippen LogP contribution in [0.15, 0.2) is 28.9 Å². The lowest BCUT2D eigenvalue weighted by Gasteiger charge is -2.25. The fourth-order valence-electron chi connectivity index (χ4n) is 2.59. The summed E-state index contributed by atoms with van der Waals surface area (Å²) in [5, 5.41) is 0. The molecule has 1 saturated heterocycles. The molecule has 2 aliphatic rings. The second-order valence-electron chi connectivity index (χ2n) is 4.96. The number of hydrogen-bond donors (Lipinski definition) is 0. The van der Waals surface area contributed by atoms with E-state index in [0.29, 0.717) is 4.83 Å². The molecule has 0 aromatic rings. The molecule has 0 aromatic heterocycles. The van der Waals surface area contributed by atoms with Gasteiger partial charge >= 0.3 is 0 Å². The van der Waals surface area contributed by atoms with Gasteiger partial charge in [-0.15, -0.1) is 5.73 Å². The van der Waals surface area contributed by atoms with Gasteiger partial charge in [0.15, 0.2) is 0 Å². The summed E-state index contributed by atoms with van der Waals surface area (Å²) in [6.45, 7) is 2.18. The predicted molar refractivity (Wildman–Crippen MR) is 84.9 cm³/mol. The van der Waals surface area contributed by atoms with E-state index in [2.05, 4.69) is 56.7 Å². The summed E-state index contributed by atoms with van der Waals surface area (Å²) in [5.41, 5.74) is 3.03. The summed E-state index contributed by atoms with van der Waals surface area (Å²) < 4.78 is 12.3. The van der Waals surface area contributed by atoms with Crippen LogP contribution in [0.2, 0.25) is 0 Å². The normalized spacial score (nSPS) is 40.3. The van der Waals surface area contributed by atoms with Crippen molar-refractivity contribution in [3.63, 3.8) is 0 Å². The molecule has 0 aromatic carbocycles. The molecular weight excluding hydrogens is 372 g/mol. The number of halogens is 2. The van der Waals surface area contributed by atoms with E-state index < -0.39 is 0 Å². The van der Waals surface area contributed by atoms with Crippen LogP contribution in [-0.4, -0.2) is 29.2 Å². The Labute approximate surface area is 132 Å². The van der Waals surface area contributed by atoms with Crippen LogP contribution in [0.25, 0.3) is 0 Å². The maximum Gasteiger partial charge on any atom is 0.103 e. The predicted octanol–water partition coefficient (Wildman–Crippen LogP) is 4.48. The molecule has 0 amide bonds. The standard InChI is InChI=1S/C15H20Br2O2/c1-2-13-12(17)7-3-4-8-14-15(19-13)10-11(18-14)6-5-9-16/h4,6,8-9,11-15H,2-3,7,10H2,1H3/b8-4-/t5?,11-,12-,13+,14+,15+/m0/s1. The van der Waals surface area contributed by atoms with Crippen molar-refractivity contribution in [3.8, 4) is 0 Å². The van der Waals surface area contributed by atoms with Crippen LogP contribution in [0, 0.1) is 0 Å². The molecule has 2 heterocycles. The molecule has 0 unspecified atom stereocenters. The SMILES string of the molecule is CC[C@H]1O[C@@H]2C[C@H](C=C=CBr)O[C@@H]2/C=C\CC[C@@H]1Br. The van der Waals surface area contributed by atoms with Gasteiger partial charge in [-0.25, -0.2) is 0 Å². The van der Waals surface area contributed by atoms with Crippen LogP contribution in [0.1, 0.15) is 32.6 Å². The van der Waals surface area contributed by atoms with E-state index in [1.807, 2.05) is 6.08 Å². The minimum atomic E-state index is 0.0743. The van der Waals surface area contributed by atoms with E-state index in [0.717, 1.165) is 25.7 Å². The zero-order valence-electron chi connectivity index (χ0n) is 11.1. The topological polar surface area (TPSA) is 18.5 Å². The number of allylic oxidation sites excluding steroid dienone is 1. The number of hydrogen-bond acceptors (Lipinski definition) is 2. The number of ether oxygens (including phenoxy) is 2. The first-order valence-electron chi connectivity index (χ1n) is 6.87. The van der Waals surface area contributed by atoms with E-state index >= 15 is 0 Å². The van der Waals surface area contributed by atoms with Crippen molar-refractivity contribution >= 4 is 31.9 Å². The van der Waals surface area contributed by atoms with Crippen molar-refractivity contribution in [2.75, 3.05) is 0 Å². The number of fused-ring (bicyclic) bond motifs is 1. The van der Waals surface area contributed by atoms with Crippen LogP contribution in [0.4, 0.5) is 0 Å². The van der Waals surface area contributed by atoms with Crippen molar-refractivity contribution in [2.45, 2.75) is 61.9 Å². The number of alkyl halides is 1. The molecule has 5 atom stereocenters. The Kier molecular flexibility index (Phi) is 6.37. The van der Waals surface area contributed by atoms with Gasteiger partial charge in [-0.1, -0.05) is 50.9 Å². The maximum absolute atomic E-state index is 6.27. The maximum atomic E-state index is 6.27. The van der Waals surface area contributed by atoms with Crippen LogP contribution in [0.5, 0.6) is 0 Å². The first-order valence-corrected chi connectivity index (χ1v) is 8.70. The molecule has 0 radical (unpaired) electrons. The van der Waals surface area contributed by atoms with Crippen LogP contribution >= 0.6 is 31.9 Å². The Bertz CT molecular complexity index is 374. The summed E-state index contributed by atoms with van der Waals surface area (Å²) in [6.07, 6.45) is 11.0. The van der Waals surface area contributed by atoms with Gasteiger partial charge in [0.05, 0.1) is 18.3 Å². The van der Waals surface area contributed by atoms with Crippen LogP contribution in [-0.2, 0) is 9.47 Å². The average Bonchev–Trinajstić information content (AvgIpc) is 2.81. The van der Waals surface area contributed by atoms with Gasteiger partial charge in [0.1, 0.15) is 6.10 Å². The Morgan fingerprint density at radius 1 is 1.42 bits per heavy atom. The molecule has 0 saturated carbocycles. The first kappa shape index (κ1) is 15.5. The Morgan fingerprint density at radius 3 is 3.00 bits per heavy atom. The van der Waals surface area contributed by atoms with E-state index in [1.54, 1.807) is 4.99 Å². The molecule has 0 spiro atoms. The molecule has 2 rings (SSSR count). The van der Waals surface area contributed by atoms with Gasteiger partial charge in [-0.3, -0.25) is 0 Å². The minimum absolute atomic E-state index is 0.0743. The van der Waals surface area contributed by atoms with E-state index in [4.69, 9.17) is 9.47 Å². The highest BCUT2D eigenvalue weighted by Crippen LogP contribution is 2.31. The molecule has 106 valence electrons. The fourth-order valence-corrected chi connectivity index (χ4v) is 3.51. The van der Waals surface area contributed by atoms with Gasteiger partial charge in [0, 0.05) is 16.2 Å². The van der Waals surface area contributed by atoms with E-state index in [9.17, 15) is 0 Å². The van der Waals surface area contributed by atoms with Gasteiger partial charge in [-0.2, -0.15) is 0 Å². The summed E-state index contributed by atoms with van der Waals surface area (Å²) in [7, 11) is 0. The average molecular weight is 392 g/mol. The second-order valence-corrected chi connectivity index (χ2v) is 6.59. The number of rotatable bonds is 2. The lowest BCUT2D eigenvalue weighted by molar-refractivity contribution is -0.0387. The van der Waals surface area contributed by atoms with Gasteiger partial charge in [0.2, 0.25) is 0 Å². The first-order chi connectivity index (χ1) is 9.24. The molecule has 0 N–H and O–H groups in total. The van der Waals surface area contributed by atoms with Gasteiger partial charge in [0.25, 0.3) is 0 Å². The van der Waals surface area contributed by atoms with Crippen LogP contribution < -0.4 is 0 Å². The molecule has 0 bridgehead atoms. The highest BCUT2D eigenvalue weighted by molar-refractivity contribution is 9.11. The molecule has 0 aliphatic carbocycles. The zero-order chi connectivity index (χ0) is 13.7. The molecule has 1 fully saturated rings. The summed E-state index contributed by atoms with van der Waals surface area (Å²) in [4.78, 5) is 2.15. The lowest BCUT2D eigenvalue weighted by atomic mass is 10.1. The highest BCUT2D eigenvalue weighted by atomic mass is 79.9. The summed E-state index contributed by atoms with van der Waals surface area (Å²) in [6, 6.07) is 0. The highest BCUT2D eigenvalue weighted by Gasteiger charge is 2.36. The fraction of sp³-hybridized carbons (Fsp3) is 0.667. The van der Waals surface area contributed by atoms with Gasteiger partial charge < -0.3 is 9.47 Å². The van der Waals surface area contributed by atoms with Gasteiger partial charge in [-0.05, 0) is 25.3 Å². The summed E-state index contributed by atoms with van der Waals surface area (Å²) >= 11 is 6.98. The molecule has 4 heteroatoms. The minimum Gasteiger partial charge on any atom is -0.371 e. The third-order valence-corrected chi connectivity index (χ3v) is 4.91. The molecule has 19 heavy (non-hydrogen) atoms.